The molecule has 0 amide bonds. The van der Waals surface area contributed by atoms with Gasteiger partial charge in [-0.05, 0) is 38.9 Å². The molecule has 6 nitrogen and oxygen atoms in total. The molecule has 2 unspecified atom stereocenters. The molecule has 0 bridgehead atoms. The highest BCUT2D eigenvalue weighted by molar-refractivity contribution is 14.0. The number of aryl methyl sites for hydroxylation is 1. The van der Waals surface area contributed by atoms with Crippen LogP contribution in [-0.4, -0.2) is 87.2 Å². The van der Waals surface area contributed by atoms with Crippen LogP contribution in [0.15, 0.2) is 29.3 Å². The molecule has 29 heavy (non-hydrogen) atoms. The summed E-state index contributed by atoms with van der Waals surface area (Å²) in [5, 5.41) is 7.17. The highest BCUT2D eigenvalue weighted by atomic mass is 127. The summed E-state index contributed by atoms with van der Waals surface area (Å²) in [4.78, 5) is 12.0. The largest absolute Gasteiger partial charge is 0.369 e. The summed E-state index contributed by atoms with van der Waals surface area (Å²) in [7, 11) is 1.87. The fourth-order valence-corrected chi connectivity index (χ4v) is 4.15. The molecule has 2 heterocycles. The van der Waals surface area contributed by atoms with Crippen molar-refractivity contribution < 1.29 is 0 Å². The maximum Gasteiger partial charge on any atom is 0.191 e. The summed E-state index contributed by atoms with van der Waals surface area (Å²) < 4.78 is 0. The predicted molar refractivity (Wildman–Crippen MR) is 135 cm³/mol. The average molecular weight is 515 g/mol. The van der Waals surface area contributed by atoms with E-state index in [9.17, 15) is 0 Å². The van der Waals surface area contributed by atoms with Gasteiger partial charge in [0.2, 0.25) is 0 Å². The maximum atomic E-state index is 4.45. The van der Waals surface area contributed by atoms with E-state index in [1.165, 1.54) is 24.3 Å². The number of rotatable bonds is 6. The van der Waals surface area contributed by atoms with Crippen LogP contribution in [0.4, 0.5) is 5.69 Å². The van der Waals surface area contributed by atoms with Gasteiger partial charge in [-0.25, -0.2) is 0 Å². The Morgan fingerprint density at radius 3 is 2.45 bits per heavy atom. The lowest BCUT2D eigenvalue weighted by atomic mass is 10.2. The van der Waals surface area contributed by atoms with E-state index in [4.69, 9.17) is 0 Å². The highest BCUT2D eigenvalue weighted by Crippen LogP contribution is 2.20. The van der Waals surface area contributed by atoms with Crippen LogP contribution in [0.5, 0.6) is 0 Å². The van der Waals surface area contributed by atoms with Crippen LogP contribution in [0.1, 0.15) is 25.8 Å². The Morgan fingerprint density at radius 2 is 1.83 bits per heavy atom. The lowest BCUT2D eigenvalue weighted by molar-refractivity contribution is 0.107. The summed E-state index contributed by atoms with van der Waals surface area (Å²) >= 11 is 0. The fraction of sp³-hybridized carbons (Fsp3) is 0.682. The van der Waals surface area contributed by atoms with Crippen molar-refractivity contribution in [2.24, 2.45) is 4.99 Å². The van der Waals surface area contributed by atoms with Crippen LogP contribution < -0.4 is 15.5 Å². The van der Waals surface area contributed by atoms with E-state index < -0.39 is 0 Å². The van der Waals surface area contributed by atoms with Crippen LogP contribution in [0.25, 0.3) is 0 Å². The van der Waals surface area contributed by atoms with Crippen LogP contribution in [0, 0.1) is 6.92 Å². The van der Waals surface area contributed by atoms with Gasteiger partial charge in [0.15, 0.2) is 5.96 Å². The van der Waals surface area contributed by atoms with Crippen molar-refractivity contribution in [3.63, 3.8) is 0 Å². The molecule has 2 atom stereocenters. The molecule has 1 aromatic rings. The first-order valence-corrected chi connectivity index (χ1v) is 10.8. The molecule has 0 spiro atoms. The first-order chi connectivity index (χ1) is 13.6. The topological polar surface area (TPSA) is 46.1 Å². The van der Waals surface area contributed by atoms with Gasteiger partial charge in [-0.15, -0.1) is 24.0 Å². The SMILES string of the molecule is CCN1CCN(C(C)CNC(=NC)NC2CCN(c3ccc(C)cc3)C2)CC1.I. The zero-order valence-corrected chi connectivity index (χ0v) is 20.9. The van der Waals surface area contributed by atoms with Crippen molar-refractivity contribution >= 4 is 35.6 Å². The monoisotopic (exact) mass is 514 g/mol. The Kier molecular flexibility index (Phi) is 9.98. The van der Waals surface area contributed by atoms with Gasteiger partial charge >= 0.3 is 0 Å². The number of piperazine rings is 1. The molecule has 2 aliphatic rings. The van der Waals surface area contributed by atoms with Gasteiger partial charge < -0.3 is 20.4 Å². The van der Waals surface area contributed by atoms with Crippen LogP contribution in [-0.2, 0) is 0 Å². The normalized spacial score (nSPS) is 22.3. The van der Waals surface area contributed by atoms with E-state index >= 15 is 0 Å². The molecule has 0 saturated carbocycles. The third kappa shape index (κ3) is 7.00. The van der Waals surface area contributed by atoms with Gasteiger partial charge in [-0.3, -0.25) is 9.89 Å². The number of aliphatic imine (C=N–C) groups is 1. The molecule has 2 saturated heterocycles. The van der Waals surface area contributed by atoms with Gasteiger partial charge in [0.1, 0.15) is 0 Å². The third-order valence-electron chi connectivity index (χ3n) is 6.19. The van der Waals surface area contributed by atoms with Gasteiger partial charge in [0.05, 0.1) is 0 Å². The van der Waals surface area contributed by atoms with Crippen LogP contribution in [0.2, 0.25) is 0 Å². The van der Waals surface area contributed by atoms with E-state index in [0.29, 0.717) is 12.1 Å². The van der Waals surface area contributed by atoms with Crippen molar-refractivity contribution in [2.45, 2.75) is 39.3 Å². The molecule has 2 N–H and O–H groups in total. The minimum Gasteiger partial charge on any atom is -0.369 e. The Hall–Kier alpha value is -1.06. The lowest BCUT2D eigenvalue weighted by Crippen LogP contribution is -2.53. The number of nitrogens with one attached hydrogen (secondary N) is 2. The Bertz CT molecular complexity index is 627. The fourth-order valence-electron chi connectivity index (χ4n) is 4.15. The number of hydrogen-bond acceptors (Lipinski definition) is 4. The third-order valence-corrected chi connectivity index (χ3v) is 6.19. The molecule has 2 fully saturated rings. The number of anilines is 1. The quantitative estimate of drug-likeness (QED) is 0.347. The summed E-state index contributed by atoms with van der Waals surface area (Å²) in [5.41, 5.74) is 2.63. The molecule has 164 valence electrons. The van der Waals surface area contributed by atoms with Crippen molar-refractivity contribution in [2.75, 3.05) is 64.3 Å². The van der Waals surface area contributed by atoms with Crippen LogP contribution >= 0.6 is 24.0 Å². The Labute approximate surface area is 194 Å². The zero-order valence-electron chi connectivity index (χ0n) is 18.5. The Balaban J connectivity index is 0.00000300. The molecule has 0 aromatic heterocycles. The predicted octanol–water partition coefficient (Wildman–Crippen LogP) is 2.38. The second kappa shape index (κ2) is 12.0. The number of halogens is 1. The van der Waals surface area contributed by atoms with Crippen molar-refractivity contribution in [1.82, 2.24) is 20.4 Å². The second-order valence-electron chi connectivity index (χ2n) is 8.18. The summed E-state index contributed by atoms with van der Waals surface area (Å²) in [5.74, 6) is 0.926. The first kappa shape index (κ1) is 24.2. The molecule has 3 rings (SSSR count). The van der Waals surface area contributed by atoms with Gasteiger partial charge in [0, 0.05) is 70.6 Å². The summed E-state index contributed by atoms with van der Waals surface area (Å²) in [6, 6.07) is 9.80. The lowest BCUT2D eigenvalue weighted by Gasteiger charge is -2.37. The van der Waals surface area contributed by atoms with Gasteiger partial charge in [0.25, 0.3) is 0 Å². The number of hydrogen-bond donors (Lipinski definition) is 2. The molecule has 7 heteroatoms. The number of benzene rings is 1. The second-order valence-corrected chi connectivity index (χ2v) is 8.18. The minimum atomic E-state index is 0. The van der Waals surface area contributed by atoms with E-state index in [-0.39, 0.29) is 24.0 Å². The Morgan fingerprint density at radius 1 is 1.14 bits per heavy atom. The van der Waals surface area contributed by atoms with E-state index in [1.54, 1.807) is 0 Å². The van der Waals surface area contributed by atoms with Gasteiger partial charge in [-0.2, -0.15) is 0 Å². The minimum absolute atomic E-state index is 0. The molecule has 2 aliphatic heterocycles. The van der Waals surface area contributed by atoms with E-state index in [0.717, 1.165) is 51.6 Å². The smallest absolute Gasteiger partial charge is 0.191 e. The number of likely N-dealkylation sites (N-methyl/N-ethyl adjacent to an activating group) is 1. The van der Waals surface area contributed by atoms with E-state index in [2.05, 4.69) is 75.4 Å². The van der Waals surface area contributed by atoms with Crippen molar-refractivity contribution in [1.29, 1.82) is 0 Å². The summed E-state index contributed by atoms with van der Waals surface area (Å²) in [6.45, 7) is 15.6. The van der Waals surface area contributed by atoms with Gasteiger partial charge in [-0.1, -0.05) is 24.6 Å². The number of guanidine groups is 1. The van der Waals surface area contributed by atoms with Crippen LogP contribution in [0.3, 0.4) is 0 Å². The van der Waals surface area contributed by atoms with Crippen molar-refractivity contribution in [3.05, 3.63) is 29.8 Å². The molecule has 0 radical (unpaired) electrons. The zero-order chi connectivity index (χ0) is 19.9. The standard InChI is InChI=1S/C22H38N6.HI/c1-5-26-12-14-27(15-13-26)19(3)16-24-22(23-4)25-20-10-11-28(17-20)21-8-6-18(2)7-9-21;/h6-9,19-20H,5,10-17H2,1-4H3,(H2,23,24,25);1H. The first-order valence-electron chi connectivity index (χ1n) is 10.8. The molecule has 1 aromatic carbocycles. The molecular formula is C22H39IN6. The van der Waals surface area contributed by atoms with E-state index in [1.807, 2.05) is 7.05 Å². The highest BCUT2D eigenvalue weighted by Gasteiger charge is 2.24. The molecule has 0 aliphatic carbocycles. The van der Waals surface area contributed by atoms with Crippen molar-refractivity contribution in [3.8, 4) is 0 Å². The average Bonchev–Trinajstić information content (AvgIpc) is 3.20. The molecular weight excluding hydrogens is 475 g/mol. The maximum absolute atomic E-state index is 4.45. The summed E-state index contributed by atoms with van der Waals surface area (Å²) in [6.07, 6.45) is 1.14. The number of nitrogens with zero attached hydrogens (tertiary/aromatic N) is 4.